The number of anilines is 1. The first-order chi connectivity index (χ1) is 13.6. The topological polar surface area (TPSA) is 64.0 Å². The van der Waals surface area contributed by atoms with E-state index in [1.807, 2.05) is 0 Å². The molecule has 0 unspecified atom stereocenters. The highest BCUT2D eigenvalue weighted by atomic mass is 35.5. The number of benzene rings is 1. The van der Waals surface area contributed by atoms with E-state index in [1.165, 1.54) is 35.2 Å². The van der Waals surface area contributed by atoms with Crippen LogP contribution >= 0.6 is 46.3 Å². The molecule has 3 aromatic rings. The third-order valence-electron chi connectivity index (χ3n) is 4.06. The number of rotatable bonds is 5. The Bertz CT molecular complexity index is 984. The van der Waals surface area contributed by atoms with Gasteiger partial charge in [-0.25, -0.2) is 9.37 Å². The van der Waals surface area contributed by atoms with Crippen LogP contribution in [0.4, 0.5) is 10.2 Å². The summed E-state index contributed by atoms with van der Waals surface area (Å²) in [6.07, 6.45) is 3.40. The first-order valence-corrected chi connectivity index (χ1v) is 10.9. The van der Waals surface area contributed by atoms with Gasteiger partial charge in [0.25, 0.3) is 0 Å². The number of aromatic nitrogens is 4. The summed E-state index contributed by atoms with van der Waals surface area (Å²) in [5, 5.41) is 9.52. The lowest BCUT2D eigenvalue weighted by Crippen LogP contribution is -2.36. The smallest absolute Gasteiger partial charge is 0.175 e. The van der Waals surface area contributed by atoms with Crippen LogP contribution in [0.15, 0.2) is 28.9 Å². The van der Waals surface area contributed by atoms with Crippen LogP contribution in [0.5, 0.6) is 0 Å². The minimum Gasteiger partial charge on any atom is -0.378 e. The molecule has 0 N–H and O–H groups in total. The monoisotopic (exact) mass is 457 g/mol. The van der Waals surface area contributed by atoms with E-state index in [-0.39, 0.29) is 5.02 Å². The molecule has 1 fully saturated rings. The molecule has 11 heteroatoms. The second kappa shape index (κ2) is 8.87. The zero-order valence-electron chi connectivity index (χ0n) is 14.4. The maximum Gasteiger partial charge on any atom is 0.175 e. The first kappa shape index (κ1) is 19.8. The molecule has 4 rings (SSSR count). The first-order valence-electron chi connectivity index (χ1n) is 8.35. The van der Waals surface area contributed by atoms with Crippen LogP contribution in [0.2, 0.25) is 10.0 Å². The van der Waals surface area contributed by atoms with Crippen LogP contribution in [0, 0.1) is 5.82 Å². The molecule has 0 radical (unpaired) electrons. The summed E-state index contributed by atoms with van der Waals surface area (Å²) in [7, 11) is 0. The quantitative estimate of drug-likeness (QED) is 0.410. The highest BCUT2D eigenvalue weighted by Gasteiger charge is 2.16. The molecule has 1 aromatic carbocycles. The van der Waals surface area contributed by atoms with Crippen molar-refractivity contribution in [2.45, 2.75) is 10.1 Å². The number of morpholine rings is 1. The van der Waals surface area contributed by atoms with Gasteiger partial charge in [0.15, 0.2) is 9.35 Å². The lowest BCUT2D eigenvalue weighted by Gasteiger charge is -2.27. The molecule has 0 atom stereocenters. The maximum absolute atomic E-state index is 13.6. The number of hydrogen-bond donors (Lipinski definition) is 0. The van der Waals surface area contributed by atoms with Crippen molar-refractivity contribution in [3.05, 3.63) is 46.0 Å². The SMILES string of the molecule is Fc1ccc(Cl)c(CSc2nnc(-c3cncc(N4CCOCC4)n3)s2)c1Cl. The predicted molar refractivity (Wildman–Crippen MR) is 110 cm³/mol. The van der Waals surface area contributed by atoms with E-state index in [4.69, 9.17) is 27.9 Å². The molecule has 2 aromatic heterocycles. The summed E-state index contributed by atoms with van der Waals surface area (Å²) < 4.78 is 19.7. The molecule has 0 saturated carbocycles. The Morgan fingerprint density at radius 3 is 2.82 bits per heavy atom. The molecule has 1 saturated heterocycles. The molecular weight excluding hydrogens is 444 g/mol. The molecular formula is C17H14Cl2FN5OS2. The summed E-state index contributed by atoms with van der Waals surface area (Å²) in [5.74, 6) is 0.696. The van der Waals surface area contributed by atoms with Gasteiger partial charge in [-0.2, -0.15) is 0 Å². The standard InChI is InChI=1S/C17H14Cl2FN5OS2/c18-11-1-2-12(20)15(19)10(11)9-27-17-24-23-16(28-17)13-7-21-8-14(22-13)25-3-5-26-6-4-25/h1-2,7-8H,3-6,9H2. The summed E-state index contributed by atoms with van der Waals surface area (Å²) in [6, 6.07) is 2.75. The Morgan fingerprint density at radius 1 is 1.18 bits per heavy atom. The molecule has 0 aliphatic carbocycles. The Morgan fingerprint density at radius 2 is 2.00 bits per heavy atom. The van der Waals surface area contributed by atoms with Crippen molar-refractivity contribution < 1.29 is 9.13 Å². The van der Waals surface area contributed by atoms with Gasteiger partial charge >= 0.3 is 0 Å². The zero-order valence-corrected chi connectivity index (χ0v) is 17.6. The van der Waals surface area contributed by atoms with E-state index in [9.17, 15) is 4.39 Å². The van der Waals surface area contributed by atoms with E-state index < -0.39 is 5.82 Å². The summed E-state index contributed by atoms with van der Waals surface area (Å²) in [5.41, 5.74) is 1.20. The number of thioether (sulfide) groups is 1. The summed E-state index contributed by atoms with van der Waals surface area (Å²) >= 11 is 14.9. The van der Waals surface area contributed by atoms with Crippen LogP contribution < -0.4 is 4.90 Å². The molecule has 146 valence electrons. The molecule has 6 nitrogen and oxygen atoms in total. The van der Waals surface area contributed by atoms with Gasteiger partial charge in [0.2, 0.25) is 0 Å². The molecule has 1 aliphatic rings. The highest BCUT2D eigenvalue weighted by molar-refractivity contribution is 8.00. The molecule has 3 heterocycles. The van der Waals surface area contributed by atoms with Crippen LogP contribution in [0.3, 0.4) is 0 Å². The van der Waals surface area contributed by atoms with E-state index >= 15 is 0 Å². The molecule has 0 spiro atoms. The van der Waals surface area contributed by atoms with Crippen molar-refractivity contribution in [2.24, 2.45) is 0 Å². The fourth-order valence-corrected chi connectivity index (χ4v) is 5.12. The van der Waals surface area contributed by atoms with Crippen molar-refractivity contribution in [3.63, 3.8) is 0 Å². The third kappa shape index (κ3) is 4.38. The third-order valence-corrected chi connectivity index (χ3v) is 6.93. The van der Waals surface area contributed by atoms with Crippen molar-refractivity contribution in [1.29, 1.82) is 0 Å². The fraction of sp³-hybridized carbons (Fsp3) is 0.294. The van der Waals surface area contributed by atoms with Gasteiger partial charge in [0.05, 0.1) is 30.6 Å². The van der Waals surface area contributed by atoms with Gasteiger partial charge in [-0.1, -0.05) is 46.3 Å². The van der Waals surface area contributed by atoms with Gasteiger partial charge in [0, 0.05) is 29.4 Å². The second-order valence-corrected chi connectivity index (χ2v) is 8.83. The zero-order chi connectivity index (χ0) is 19.5. The van der Waals surface area contributed by atoms with Gasteiger partial charge in [-0.05, 0) is 12.1 Å². The van der Waals surface area contributed by atoms with Gasteiger partial charge in [-0.15, -0.1) is 10.2 Å². The maximum atomic E-state index is 13.6. The average Bonchev–Trinajstić information content (AvgIpc) is 3.21. The predicted octanol–water partition coefficient (Wildman–Crippen LogP) is 4.57. The van der Waals surface area contributed by atoms with Crippen LogP contribution in [0.1, 0.15) is 5.56 Å². The molecule has 28 heavy (non-hydrogen) atoms. The molecule has 0 amide bonds. The van der Waals surface area contributed by atoms with Crippen molar-refractivity contribution in [1.82, 2.24) is 20.2 Å². The Balaban J connectivity index is 1.48. The van der Waals surface area contributed by atoms with Crippen LogP contribution in [-0.2, 0) is 10.5 Å². The van der Waals surface area contributed by atoms with Crippen molar-refractivity contribution >= 4 is 52.1 Å². The summed E-state index contributed by atoms with van der Waals surface area (Å²) in [4.78, 5) is 11.1. The number of nitrogens with zero attached hydrogens (tertiary/aromatic N) is 5. The Hall–Kier alpha value is -1.52. The highest BCUT2D eigenvalue weighted by Crippen LogP contribution is 2.35. The largest absolute Gasteiger partial charge is 0.378 e. The average molecular weight is 458 g/mol. The van der Waals surface area contributed by atoms with Gasteiger partial charge < -0.3 is 9.64 Å². The van der Waals surface area contributed by atoms with E-state index in [2.05, 4.69) is 25.1 Å². The Kier molecular flexibility index (Phi) is 6.27. The van der Waals surface area contributed by atoms with Gasteiger partial charge in [-0.3, -0.25) is 4.98 Å². The minimum absolute atomic E-state index is 0.0359. The number of ether oxygens (including phenoxy) is 1. The molecule has 1 aliphatic heterocycles. The number of halogens is 3. The lowest BCUT2D eigenvalue weighted by molar-refractivity contribution is 0.122. The van der Waals surface area contributed by atoms with Crippen LogP contribution in [-0.4, -0.2) is 46.5 Å². The lowest BCUT2D eigenvalue weighted by atomic mass is 10.2. The van der Waals surface area contributed by atoms with E-state index in [0.29, 0.717) is 44.6 Å². The van der Waals surface area contributed by atoms with Crippen molar-refractivity contribution in [3.8, 4) is 10.7 Å². The van der Waals surface area contributed by atoms with Gasteiger partial charge in [0.1, 0.15) is 17.3 Å². The number of hydrogen-bond acceptors (Lipinski definition) is 8. The fourth-order valence-electron chi connectivity index (χ4n) is 2.61. The van der Waals surface area contributed by atoms with E-state index in [1.54, 1.807) is 12.4 Å². The minimum atomic E-state index is -0.491. The summed E-state index contributed by atoms with van der Waals surface area (Å²) in [6.45, 7) is 2.92. The Labute approximate surface area is 179 Å². The second-order valence-electron chi connectivity index (χ2n) is 5.85. The molecule has 0 bridgehead atoms. The van der Waals surface area contributed by atoms with E-state index in [0.717, 1.165) is 18.9 Å². The van der Waals surface area contributed by atoms with Crippen LogP contribution in [0.25, 0.3) is 10.7 Å². The van der Waals surface area contributed by atoms with Crippen molar-refractivity contribution in [2.75, 3.05) is 31.2 Å². The normalized spacial score (nSPS) is 14.5.